The van der Waals surface area contributed by atoms with Crippen LogP contribution in [0, 0.1) is 0 Å². The number of nitrogens with zero attached hydrogens (tertiary/aromatic N) is 4. The van der Waals surface area contributed by atoms with Crippen LogP contribution in [0.4, 0.5) is 11.5 Å². The van der Waals surface area contributed by atoms with Crippen molar-refractivity contribution in [3.05, 3.63) is 72.6 Å². The molecule has 3 heterocycles. The topological polar surface area (TPSA) is 65.1 Å². The molecule has 6 heteroatoms. The zero-order valence-corrected chi connectivity index (χ0v) is 18.3. The first-order chi connectivity index (χ1) is 15.7. The number of fused-ring (bicyclic) bond motifs is 1. The minimum atomic E-state index is 0.381. The van der Waals surface area contributed by atoms with Crippen molar-refractivity contribution < 1.29 is 4.79 Å². The molecule has 2 aromatic carbocycles. The average molecular weight is 426 g/mol. The van der Waals surface area contributed by atoms with Gasteiger partial charge in [0.1, 0.15) is 23.6 Å². The lowest BCUT2D eigenvalue weighted by Gasteiger charge is -2.25. The van der Waals surface area contributed by atoms with Gasteiger partial charge in [-0.1, -0.05) is 42.5 Å². The van der Waals surface area contributed by atoms with Crippen molar-refractivity contribution in [1.82, 2.24) is 19.9 Å². The summed E-state index contributed by atoms with van der Waals surface area (Å²) in [5.74, 6) is 1.29. The maximum absolute atomic E-state index is 11.5. The molecular formula is C26H27N5O. The Labute approximate surface area is 187 Å². The van der Waals surface area contributed by atoms with E-state index in [2.05, 4.69) is 74.1 Å². The first kappa shape index (κ1) is 20.4. The molecule has 0 radical (unpaired) electrons. The molecule has 0 unspecified atom stereocenters. The number of ketones is 1. The maximum atomic E-state index is 11.5. The van der Waals surface area contributed by atoms with Crippen molar-refractivity contribution in [1.29, 1.82) is 0 Å². The fraction of sp³-hybridized carbons (Fsp3) is 0.269. The zero-order chi connectivity index (χ0) is 21.9. The van der Waals surface area contributed by atoms with Crippen LogP contribution in [0.2, 0.25) is 0 Å². The molecule has 2 aromatic heterocycles. The van der Waals surface area contributed by atoms with Gasteiger partial charge < -0.3 is 9.88 Å². The predicted molar refractivity (Wildman–Crippen MR) is 128 cm³/mol. The summed E-state index contributed by atoms with van der Waals surface area (Å²) in [6.07, 6.45) is 2.97. The molecule has 1 aliphatic heterocycles. The van der Waals surface area contributed by atoms with Crippen LogP contribution in [0.1, 0.15) is 25.3 Å². The van der Waals surface area contributed by atoms with Crippen molar-refractivity contribution in [3.63, 3.8) is 0 Å². The molecule has 0 atom stereocenters. The number of hydrogen-bond acceptors (Lipinski definition) is 5. The first-order valence-corrected chi connectivity index (χ1v) is 11.2. The zero-order valence-electron chi connectivity index (χ0n) is 18.3. The molecule has 0 bridgehead atoms. The number of aromatic nitrogens is 3. The van der Waals surface area contributed by atoms with Crippen LogP contribution in [-0.4, -0.2) is 45.3 Å². The summed E-state index contributed by atoms with van der Waals surface area (Å²) in [5, 5.41) is 1.01. The van der Waals surface area contributed by atoms with E-state index >= 15 is 0 Å². The van der Waals surface area contributed by atoms with Crippen molar-refractivity contribution in [3.8, 4) is 11.3 Å². The number of Topliss-reactive ketones (excluding diaryl/α,β-unsaturated/α-hetero) is 1. The third-order valence-corrected chi connectivity index (χ3v) is 6.13. The van der Waals surface area contributed by atoms with Crippen LogP contribution in [0.15, 0.2) is 67.0 Å². The van der Waals surface area contributed by atoms with Gasteiger partial charge in [-0.2, -0.15) is 0 Å². The molecule has 4 aromatic rings. The molecule has 6 nitrogen and oxygen atoms in total. The Hall–Kier alpha value is -3.51. The Kier molecular flexibility index (Phi) is 5.69. The fourth-order valence-corrected chi connectivity index (χ4v) is 4.37. The lowest BCUT2D eigenvalue weighted by molar-refractivity contribution is -0.121. The molecule has 1 fully saturated rings. The quantitative estimate of drug-likeness (QED) is 0.474. The number of carbonyl (C=O) groups excluding carboxylic acids is 1. The molecule has 0 spiro atoms. The van der Waals surface area contributed by atoms with Gasteiger partial charge in [0.15, 0.2) is 0 Å². The Bertz CT molecular complexity index is 1210. The lowest BCUT2D eigenvalue weighted by atomic mass is 10.1. The van der Waals surface area contributed by atoms with Crippen LogP contribution in [-0.2, 0) is 11.3 Å². The van der Waals surface area contributed by atoms with Crippen molar-refractivity contribution in [2.24, 2.45) is 0 Å². The van der Waals surface area contributed by atoms with Crippen molar-refractivity contribution in [2.45, 2.75) is 26.3 Å². The van der Waals surface area contributed by atoms with Gasteiger partial charge in [-0.25, -0.2) is 9.97 Å². The highest BCUT2D eigenvalue weighted by atomic mass is 16.1. The van der Waals surface area contributed by atoms with E-state index in [0.29, 0.717) is 18.6 Å². The van der Waals surface area contributed by atoms with Gasteiger partial charge in [0.25, 0.3) is 0 Å². The number of nitrogens with one attached hydrogen (secondary N) is 1. The van der Waals surface area contributed by atoms with Gasteiger partial charge in [-0.15, -0.1) is 0 Å². The second-order valence-electron chi connectivity index (χ2n) is 8.23. The number of carbonyl (C=O) groups is 1. The van der Waals surface area contributed by atoms with E-state index in [-0.39, 0.29) is 0 Å². The third-order valence-electron chi connectivity index (χ3n) is 6.13. The maximum Gasteiger partial charge on any atom is 0.145 e. The van der Waals surface area contributed by atoms with E-state index in [1.807, 2.05) is 18.2 Å². The smallest absolute Gasteiger partial charge is 0.145 e. The SMILES string of the molecule is CCN(c1ccccc1)c1ncnc2[nH]c(-c3ccc(CN4CCC(=O)CC4)cc3)cc12. The van der Waals surface area contributed by atoms with E-state index in [1.54, 1.807) is 6.33 Å². The number of H-pyrrole nitrogens is 1. The third kappa shape index (κ3) is 4.14. The number of benzene rings is 2. The van der Waals surface area contributed by atoms with E-state index in [1.165, 1.54) is 5.56 Å². The predicted octanol–water partition coefficient (Wildman–Crippen LogP) is 4.95. The summed E-state index contributed by atoms with van der Waals surface area (Å²) in [5.41, 5.74) is 5.36. The van der Waals surface area contributed by atoms with Gasteiger partial charge in [-0.3, -0.25) is 9.69 Å². The minimum Gasteiger partial charge on any atom is -0.339 e. The molecule has 32 heavy (non-hydrogen) atoms. The van der Waals surface area contributed by atoms with Gasteiger partial charge in [-0.05, 0) is 36.2 Å². The van der Waals surface area contributed by atoms with E-state index < -0.39 is 0 Å². The van der Waals surface area contributed by atoms with Gasteiger partial charge in [0.2, 0.25) is 0 Å². The monoisotopic (exact) mass is 425 g/mol. The van der Waals surface area contributed by atoms with Gasteiger partial charge in [0.05, 0.1) is 5.39 Å². The van der Waals surface area contributed by atoms with Crippen LogP contribution in [0.3, 0.4) is 0 Å². The van der Waals surface area contributed by atoms with E-state index in [4.69, 9.17) is 0 Å². The number of likely N-dealkylation sites (tertiary alicyclic amines) is 1. The van der Waals surface area contributed by atoms with E-state index in [0.717, 1.165) is 60.0 Å². The van der Waals surface area contributed by atoms with Crippen LogP contribution in [0.25, 0.3) is 22.3 Å². The Balaban J connectivity index is 1.40. The largest absolute Gasteiger partial charge is 0.339 e. The highest BCUT2D eigenvalue weighted by Gasteiger charge is 2.17. The summed E-state index contributed by atoms with van der Waals surface area (Å²) in [6.45, 7) is 5.55. The standard InChI is InChI=1S/C26H27N5O/c1-2-31(21-6-4-3-5-7-21)26-23-16-24(29-25(23)27-18-28-26)20-10-8-19(9-11-20)17-30-14-12-22(32)13-15-30/h3-11,16,18H,2,12-15,17H2,1H3,(H,27,28,29). The number of hydrogen-bond donors (Lipinski definition) is 1. The summed E-state index contributed by atoms with van der Waals surface area (Å²) < 4.78 is 0. The van der Waals surface area contributed by atoms with Crippen LogP contribution < -0.4 is 4.90 Å². The summed E-state index contributed by atoms with van der Waals surface area (Å²) in [6, 6.07) is 21.1. The first-order valence-electron chi connectivity index (χ1n) is 11.2. The van der Waals surface area contributed by atoms with Crippen molar-refractivity contribution >= 4 is 28.3 Å². The molecular weight excluding hydrogens is 398 g/mol. The fourth-order valence-electron chi connectivity index (χ4n) is 4.37. The summed E-state index contributed by atoms with van der Waals surface area (Å²) in [4.78, 5) is 28.6. The van der Waals surface area contributed by atoms with Crippen molar-refractivity contribution in [2.75, 3.05) is 24.5 Å². The lowest BCUT2D eigenvalue weighted by Crippen LogP contribution is -2.33. The van der Waals surface area contributed by atoms with Crippen LogP contribution >= 0.6 is 0 Å². The number of para-hydroxylation sites is 1. The molecule has 1 N–H and O–H groups in total. The summed E-state index contributed by atoms with van der Waals surface area (Å²) >= 11 is 0. The molecule has 1 aliphatic rings. The number of piperidine rings is 1. The number of anilines is 2. The molecule has 0 aliphatic carbocycles. The molecule has 0 saturated carbocycles. The Morgan fingerprint density at radius 2 is 1.75 bits per heavy atom. The summed E-state index contributed by atoms with van der Waals surface area (Å²) in [7, 11) is 0. The average Bonchev–Trinajstić information content (AvgIpc) is 3.27. The molecule has 5 rings (SSSR count). The van der Waals surface area contributed by atoms with Gasteiger partial charge in [0, 0.05) is 50.4 Å². The second kappa shape index (κ2) is 8.93. The Morgan fingerprint density at radius 3 is 2.47 bits per heavy atom. The normalized spacial score (nSPS) is 14.7. The minimum absolute atomic E-state index is 0.381. The number of rotatable bonds is 6. The molecule has 1 saturated heterocycles. The Morgan fingerprint density at radius 1 is 1.00 bits per heavy atom. The second-order valence-corrected chi connectivity index (χ2v) is 8.23. The highest BCUT2D eigenvalue weighted by molar-refractivity contribution is 5.93. The molecule has 0 amide bonds. The van der Waals surface area contributed by atoms with Gasteiger partial charge >= 0.3 is 0 Å². The van der Waals surface area contributed by atoms with Crippen LogP contribution in [0.5, 0.6) is 0 Å². The highest BCUT2D eigenvalue weighted by Crippen LogP contribution is 2.32. The van der Waals surface area contributed by atoms with E-state index in [9.17, 15) is 4.79 Å². The molecule has 162 valence electrons. The number of aromatic amines is 1.